The maximum atomic E-state index is 9.61. The molecule has 0 aromatic carbocycles. The lowest BCUT2D eigenvalue weighted by molar-refractivity contribution is 0.00685. The Morgan fingerprint density at radius 1 is 0.500 bits per heavy atom. The molecule has 2 N–H and O–H groups in total. The quantitative estimate of drug-likeness (QED) is 0.631. The van der Waals surface area contributed by atoms with Gasteiger partial charge in [-0.15, -0.1) is 0 Å². The fraction of sp³-hybridized carbons (Fsp3) is 1.00. The molecule has 1 fully saturated rings. The van der Waals surface area contributed by atoms with E-state index in [1.54, 1.807) is 0 Å². The van der Waals surface area contributed by atoms with Gasteiger partial charge >= 0.3 is 0 Å². The molecular formula is C12H24O2. The van der Waals surface area contributed by atoms with Crippen LogP contribution in [0.2, 0.25) is 0 Å². The maximum Gasteiger partial charge on any atom is 0.0799 e. The molecule has 1 saturated carbocycles. The first kappa shape index (κ1) is 12.0. The van der Waals surface area contributed by atoms with Crippen molar-refractivity contribution in [1.82, 2.24) is 0 Å². The second kappa shape index (κ2) is 7.24. The summed E-state index contributed by atoms with van der Waals surface area (Å²) in [5.41, 5.74) is 0. The Bertz CT molecular complexity index is 120. The van der Waals surface area contributed by atoms with Crippen LogP contribution in [0.5, 0.6) is 0 Å². The van der Waals surface area contributed by atoms with Gasteiger partial charge < -0.3 is 10.2 Å². The highest BCUT2D eigenvalue weighted by Gasteiger charge is 2.15. The smallest absolute Gasteiger partial charge is 0.0799 e. The molecular weight excluding hydrogens is 176 g/mol. The van der Waals surface area contributed by atoms with Crippen LogP contribution >= 0.6 is 0 Å². The van der Waals surface area contributed by atoms with E-state index in [-0.39, 0.29) is 0 Å². The SMILES string of the molecule is OC1CCCCCCCCCC[C@H]1O. The topological polar surface area (TPSA) is 40.5 Å². The van der Waals surface area contributed by atoms with Crippen molar-refractivity contribution in [2.45, 2.75) is 76.4 Å². The summed E-state index contributed by atoms with van der Waals surface area (Å²) >= 11 is 0. The second-order valence-electron chi connectivity index (χ2n) is 4.54. The number of aliphatic hydroxyl groups excluding tert-OH is 2. The van der Waals surface area contributed by atoms with Crippen molar-refractivity contribution < 1.29 is 10.2 Å². The molecule has 0 aromatic rings. The molecule has 1 rings (SSSR count). The Hall–Kier alpha value is -0.0800. The number of hydrogen-bond donors (Lipinski definition) is 2. The van der Waals surface area contributed by atoms with Crippen molar-refractivity contribution in [3.63, 3.8) is 0 Å². The summed E-state index contributed by atoms with van der Waals surface area (Å²) < 4.78 is 0. The maximum absolute atomic E-state index is 9.61. The molecule has 1 aliphatic carbocycles. The first-order valence-corrected chi connectivity index (χ1v) is 6.17. The van der Waals surface area contributed by atoms with Gasteiger partial charge in [0.1, 0.15) is 0 Å². The van der Waals surface area contributed by atoms with Gasteiger partial charge in [-0.25, -0.2) is 0 Å². The summed E-state index contributed by atoms with van der Waals surface area (Å²) in [6.07, 6.45) is 10.4. The highest BCUT2D eigenvalue weighted by atomic mass is 16.3. The summed E-state index contributed by atoms with van der Waals surface area (Å²) in [5.74, 6) is 0. The van der Waals surface area contributed by atoms with Gasteiger partial charge in [0.2, 0.25) is 0 Å². The van der Waals surface area contributed by atoms with E-state index in [1.807, 2.05) is 0 Å². The monoisotopic (exact) mass is 200 g/mol. The normalized spacial score (nSPS) is 33.0. The van der Waals surface area contributed by atoms with E-state index in [0.717, 1.165) is 25.7 Å². The van der Waals surface area contributed by atoms with Crippen molar-refractivity contribution in [1.29, 1.82) is 0 Å². The van der Waals surface area contributed by atoms with Crippen LogP contribution in [-0.4, -0.2) is 22.4 Å². The lowest BCUT2D eigenvalue weighted by Gasteiger charge is -2.18. The number of aliphatic hydroxyl groups is 2. The average molecular weight is 200 g/mol. The standard InChI is InChI=1S/C12H24O2/c13-11-9-7-5-3-1-2-4-6-8-10-12(11)14/h11-14H,1-10H2/t11-,12?/m1/s1. The first-order chi connectivity index (χ1) is 6.80. The van der Waals surface area contributed by atoms with E-state index < -0.39 is 12.2 Å². The summed E-state index contributed by atoms with van der Waals surface area (Å²) in [6, 6.07) is 0. The Balaban J connectivity index is 2.23. The largest absolute Gasteiger partial charge is 0.390 e. The Morgan fingerprint density at radius 3 is 1.14 bits per heavy atom. The van der Waals surface area contributed by atoms with Crippen LogP contribution < -0.4 is 0 Å². The van der Waals surface area contributed by atoms with E-state index in [4.69, 9.17) is 0 Å². The van der Waals surface area contributed by atoms with Gasteiger partial charge in [0, 0.05) is 0 Å². The summed E-state index contributed by atoms with van der Waals surface area (Å²) in [5, 5.41) is 19.2. The molecule has 2 nitrogen and oxygen atoms in total. The molecule has 0 bridgehead atoms. The zero-order valence-electron chi connectivity index (χ0n) is 9.12. The summed E-state index contributed by atoms with van der Waals surface area (Å²) in [7, 11) is 0. The van der Waals surface area contributed by atoms with Crippen LogP contribution in [0.15, 0.2) is 0 Å². The number of rotatable bonds is 0. The number of hydrogen-bond acceptors (Lipinski definition) is 2. The minimum Gasteiger partial charge on any atom is -0.390 e. The van der Waals surface area contributed by atoms with E-state index in [0.29, 0.717) is 0 Å². The third kappa shape index (κ3) is 4.97. The molecule has 0 radical (unpaired) electrons. The molecule has 0 heterocycles. The molecule has 14 heavy (non-hydrogen) atoms. The van der Waals surface area contributed by atoms with Crippen LogP contribution in [0, 0.1) is 0 Å². The van der Waals surface area contributed by atoms with Crippen LogP contribution in [-0.2, 0) is 0 Å². The van der Waals surface area contributed by atoms with Gasteiger partial charge in [-0.3, -0.25) is 0 Å². The van der Waals surface area contributed by atoms with Gasteiger partial charge in [0.25, 0.3) is 0 Å². The van der Waals surface area contributed by atoms with Gasteiger partial charge in [-0.05, 0) is 12.8 Å². The Labute approximate surface area is 87.3 Å². The van der Waals surface area contributed by atoms with Crippen LogP contribution in [0.3, 0.4) is 0 Å². The lowest BCUT2D eigenvalue weighted by atomic mass is 9.98. The highest BCUT2D eigenvalue weighted by molar-refractivity contribution is 4.68. The molecule has 1 aliphatic rings. The molecule has 84 valence electrons. The van der Waals surface area contributed by atoms with Crippen molar-refractivity contribution in [3.05, 3.63) is 0 Å². The Morgan fingerprint density at radius 2 is 0.786 bits per heavy atom. The third-order valence-electron chi connectivity index (χ3n) is 3.19. The van der Waals surface area contributed by atoms with Crippen molar-refractivity contribution in [2.75, 3.05) is 0 Å². The van der Waals surface area contributed by atoms with E-state index in [9.17, 15) is 10.2 Å². The fourth-order valence-electron chi connectivity index (χ4n) is 2.15. The average Bonchev–Trinajstić information content (AvgIpc) is 2.18. The van der Waals surface area contributed by atoms with E-state index in [1.165, 1.54) is 38.5 Å². The lowest BCUT2D eigenvalue weighted by Crippen LogP contribution is -2.25. The summed E-state index contributed by atoms with van der Waals surface area (Å²) in [6.45, 7) is 0. The molecule has 0 aliphatic heterocycles. The minimum atomic E-state index is -0.477. The van der Waals surface area contributed by atoms with Gasteiger partial charge in [0.05, 0.1) is 12.2 Å². The van der Waals surface area contributed by atoms with Crippen LogP contribution in [0.1, 0.15) is 64.2 Å². The van der Waals surface area contributed by atoms with Gasteiger partial charge in [-0.2, -0.15) is 0 Å². The zero-order chi connectivity index (χ0) is 10.2. The molecule has 0 amide bonds. The molecule has 0 aromatic heterocycles. The van der Waals surface area contributed by atoms with Gasteiger partial charge in [0.15, 0.2) is 0 Å². The summed E-state index contributed by atoms with van der Waals surface area (Å²) in [4.78, 5) is 0. The molecule has 2 heteroatoms. The van der Waals surface area contributed by atoms with Crippen molar-refractivity contribution in [3.8, 4) is 0 Å². The predicted molar refractivity (Wildman–Crippen MR) is 58.2 cm³/mol. The van der Waals surface area contributed by atoms with E-state index in [2.05, 4.69) is 0 Å². The zero-order valence-corrected chi connectivity index (χ0v) is 9.12. The van der Waals surface area contributed by atoms with Crippen LogP contribution in [0.4, 0.5) is 0 Å². The molecule has 2 atom stereocenters. The van der Waals surface area contributed by atoms with Crippen LogP contribution in [0.25, 0.3) is 0 Å². The Kier molecular flexibility index (Phi) is 6.20. The van der Waals surface area contributed by atoms with E-state index >= 15 is 0 Å². The molecule has 1 unspecified atom stereocenters. The second-order valence-corrected chi connectivity index (χ2v) is 4.54. The predicted octanol–water partition coefficient (Wildman–Crippen LogP) is 2.62. The minimum absolute atomic E-state index is 0.477. The highest BCUT2D eigenvalue weighted by Crippen LogP contribution is 2.17. The van der Waals surface area contributed by atoms with Crippen molar-refractivity contribution in [2.24, 2.45) is 0 Å². The molecule has 0 saturated heterocycles. The first-order valence-electron chi connectivity index (χ1n) is 6.17. The fourth-order valence-corrected chi connectivity index (χ4v) is 2.15. The van der Waals surface area contributed by atoms with Gasteiger partial charge in [-0.1, -0.05) is 51.4 Å². The third-order valence-corrected chi connectivity index (χ3v) is 3.19. The van der Waals surface area contributed by atoms with Crippen molar-refractivity contribution >= 4 is 0 Å². The molecule has 0 spiro atoms.